The number of aromatic nitrogens is 4. The molecule has 1 aliphatic heterocycles. The maximum atomic E-state index is 12.8. The average molecular weight is 341 g/mol. The van der Waals surface area contributed by atoms with E-state index in [1.54, 1.807) is 10.6 Å². The standard InChI is InChI=1S/C17H19N5OS/c1-2-9-20-15(23)13-7-3-4-8-14(13)22-16(20)18-21(17(22)24)12-19-10-5-6-11-19/h2-4,7-8H,1,5-6,9-12H2. The van der Waals surface area contributed by atoms with Gasteiger partial charge in [-0.15, -0.1) is 11.7 Å². The van der Waals surface area contributed by atoms with Crippen molar-refractivity contribution in [2.75, 3.05) is 13.1 Å². The Kier molecular flexibility index (Phi) is 3.82. The molecule has 0 atom stereocenters. The Bertz CT molecular complexity index is 1040. The summed E-state index contributed by atoms with van der Waals surface area (Å²) >= 11 is 5.67. The third-order valence-corrected chi connectivity index (χ3v) is 4.92. The first-order valence-corrected chi connectivity index (χ1v) is 8.56. The van der Waals surface area contributed by atoms with Gasteiger partial charge in [0.15, 0.2) is 0 Å². The molecule has 6 nitrogen and oxygen atoms in total. The topological polar surface area (TPSA) is 47.5 Å². The summed E-state index contributed by atoms with van der Waals surface area (Å²) < 4.78 is 5.96. The second kappa shape index (κ2) is 5.99. The van der Waals surface area contributed by atoms with Crippen LogP contribution in [0, 0.1) is 4.77 Å². The van der Waals surface area contributed by atoms with E-state index in [1.165, 1.54) is 12.8 Å². The summed E-state index contributed by atoms with van der Waals surface area (Å²) in [6.07, 6.45) is 4.13. The highest BCUT2D eigenvalue weighted by atomic mass is 32.1. The van der Waals surface area contributed by atoms with Crippen LogP contribution in [0.4, 0.5) is 0 Å². The predicted octanol–water partition coefficient (Wildman–Crippen LogP) is 2.42. The molecular weight excluding hydrogens is 322 g/mol. The smallest absolute Gasteiger partial charge is 0.263 e. The molecule has 1 fully saturated rings. The summed E-state index contributed by atoms with van der Waals surface area (Å²) in [5.41, 5.74) is 0.738. The Hall–Kier alpha value is -2.25. The van der Waals surface area contributed by atoms with Crippen LogP contribution in [0.25, 0.3) is 16.7 Å². The van der Waals surface area contributed by atoms with Gasteiger partial charge in [0.2, 0.25) is 10.5 Å². The van der Waals surface area contributed by atoms with Crippen LogP contribution in [0.2, 0.25) is 0 Å². The molecule has 0 unspecified atom stereocenters. The monoisotopic (exact) mass is 341 g/mol. The Labute approximate surface area is 144 Å². The number of fused-ring (bicyclic) bond motifs is 3. The van der Waals surface area contributed by atoms with E-state index in [4.69, 9.17) is 12.2 Å². The van der Waals surface area contributed by atoms with E-state index in [2.05, 4.69) is 16.6 Å². The van der Waals surface area contributed by atoms with Gasteiger partial charge in [-0.3, -0.25) is 18.7 Å². The fourth-order valence-electron chi connectivity index (χ4n) is 3.37. The van der Waals surface area contributed by atoms with Crippen molar-refractivity contribution < 1.29 is 0 Å². The molecule has 24 heavy (non-hydrogen) atoms. The van der Waals surface area contributed by atoms with Crippen molar-refractivity contribution in [1.82, 2.24) is 23.6 Å². The first-order valence-electron chi connectivity index (χ1n) is 8.15. The molecule has 3 heterocycles. The van der Waals surface area contributed by atoms with Gasteiger partial charge < -0.3 is 0 Å². The fourth-order valence-corrected chi connectivity index (χ4v) is 3.65. The lowest BCUT2D eigenvalue weighted by atomic mass is 10.2. The Morgan fingerprint density at radius 2 is 2.00 bits per heavy atom. The highest BCUT2D eigenvalue weighted by Crippen LogP contribution is 2.15. The number of hydrogen-bond acceptors (Lipinski definition) is 4. The van der Waals surface area contributed by atoms with Crippen molar-refractivity contribution in [3.05, 3.63) is 52.0 Å². The molecule has 0 amide bonds. The van der Waals surface area contributed by atoms with Crippen molar-refractivity contribution in [3.8, 4) is 0 Å². The molecule has 0 aliphatic carbocycles. The number of allylic oxidation sites excluding steroid dienone is 1. The average Bonchev–Trinajstić information content (AvgIpc) is 3.21. The summed E-state index contributed by atoms with van der Waals surface area (Å²) in [5, 5.41) is 5.30. The minimum absolute atomic E-state index is 0.0636. The van der Waals surface area contributed by atoms with Crippen molar-refractivity contribution in [3.63, 3.8) is 0 Å². The van der Waals surface area contributed by atoms with Crippen LogP contribution in [0.3, 0.4) is 0 Å². The van der Waals surface area contributed by atoms with Crippen LogP contribution < -0.4 is 5.56 Å². The molecule has 124 valence electrons. The van der Waals surface area contributed by atoms with Crippen LogP contribution >= 0.6 is 12.2 Å². The fraction of sp³-hybridized carbons (Fsp3) is 0.353. The van der Waals surface area contributed by atoms with Crippen LogP contribution in [0.15, 0.2) is 41.7 Å². The summed E-state index contributed by atoms with van der Waals surface area (Å²) in [4.78, 5) is 15.1. The molecular formula is C17H19N5OS. The van der Waals surface area contributed by atoms with Crippen molar-refractivity contribution in [2.24, 2.45) is 0 Å². The van der Waals surface area contributed by atoms with E-state index in [0.29, 0.717) is 29.1 Å². The summed E-state index contributed by atoms with van der Waals surface area (Å²) in [6, 6.07) is 7.53. The predicted molar refractivity (Wildman–Crippen MR) is 96.8 cm³/mol. The Balaban J connectivity index is 2.02. The minimum atomic E-state index is -0.0636. The SMILES string of the molecule is C=CCn1c(=O)c2ccccc2n2c(=S)n(CN3CCCC3)nc12. The molecule has 3 aromatic rings. The van der Waals surface area contributed by atoms with Gasteiger partial charge in [0.1, 0.15) is 0 Å². The lowest BCUT2D eigenvalue weighted by molar-refractivity contribution is 0.253. The van der Waals surface area contributed by atoms with E-state index in [9.17, 15) is 4.79 Å². The highest BCUT2D eigenvalue weighted by molar-refractivity contribution is 7.71. The zero-order valence-electron chi connectivity index (χ0n) is 13.4. The Morgan fingerprint density at radius 3 is 2.75 bits per heavy atom. The van der Waals surface area contributed by atoms with E-state index in [1.807, 2.05) is 33.3 Å². The largest absolute Gasteiger partial charge is 0.284 e. The van der Waals surface area contributed by atoms with Gasteiger partial charge in [-0.25, -0.2) is 4.68 Å². The molecule has 4 rings (SSSR count). The zero-order valence-corrected chi connectivity index (χ0v) is 14.2. The normalized spacial score (nSPS) is 15.5. The number of likely N-dealkylation sites (tertiary alicyclic amines) is 1. The zero-order chi connectivity index (χ0) is 16.7. The molecule has 2 aromatic heterocycles. The van der Waals surface area contributed by atoms with E-state index in [-0.39, 0.29) is 5.56 Å². The first-order chi connectivity index (χ1) is 11.7. The van der Waals surface area contributed by atoms with Crippen molar-refractivity contribution in [1.29, 1.82) is 0 Å². The van der Waals surface area contributed by atoms with Gasteiger partial charge in [0.25, 0.3) is 5.56 Å². The second-order valence-corrected chi connectivity index (χ2v) is 6.47. The van der Waals surface area contributed by atoms with Crippen molar-refractivity contribution in [2.45, 2.75) is 26.1 Å². The van der Waals surface area contributed by atoms with Crippen LogP contribution in [0.5, 0.6) is 0 Å². The minimum Gasteiger partial charge on any atom is -0.284 e. The van der Waals surface area contributed by atoms with Crippen LogP contribution in [-0.4, -0.2) is 36.7 Å². The lowest BCUT2D eigenvalue weighted by Gasteiger charge is -2.13. The maximum Gasteiger partial charge on any atom is 0.263 e. The molecule has 0 spiro atoms. The number of hydrogen-bond donors (Lipinski definition) is 0. The lowest BCUT2D eigenvalue weighted by Crippen LogP contribution is -2.24. The third-order valence-electron chi connectivity index (χ3n) is 4.53. The summed E-state index contributed by atoms with van der Waals surface area (Å²) in [5.74, 6) is 0.572. The quantitative estimate of drug-likeness (QED) is 0.540. The van der Waals surface area contributed by atoms with Gasteiger partial charge >= 0.3 is 0 Å². The Morgan fingerprint density at radius 1 is 1.25 bits per heavy atom. The van der Waals surface area contributed by atoms with Crippen LogP contribution in [0.1, 0.15) is 12.8 Å². The highest BCUT2D eigenvalue weighted by Gasteiger charge is 2.17. The molecule has 1 saturated heterocycles. The van der Waals surface area contributed by atoms with E-state index in [0.717, 1.165) is 18.6 Å². The third kappa shape index (κ3) is 2.32. The molecule has 0 N–H and O–H groups in total. The molecule has 0 radical (unpaired) electrons. The van der Waals surface area contributed by atoms with Gasteiger partial charge in [-0.1, -0.05) is 18.2 Å². The van der Waals surface area contributed by atoms with E-state index >= 15 is 0 Å². The van der Waals surface area contributed by atoms with Crippen LogP contribution in [-0.2, 0) is 13.2 Å². The van der Waals surface area contributed by atoms with E-state index < -0.39 is 0 Å². The molecule has 0 bridgehead atoms. The maximum absolute atomic E-state index is 12.8. The van der Waals surface area contributed by atoms with Gasteiger partial charge in [0.05, 0.1) is 17.6 Å². The number of nitrogens with zero attached hydrogens (tertiary/aromatic N) is 5. The van der Waals surface area contributed by atoms with Gasteiger partial charge in [-0.2, -0.15) is 0 Å². The van der Waals surface area contributed by atoms with Gasteiger partial charge in [-0.05, 0) is 50.3 Å². The summed E-state index contributed by atoms with van der Waals surface area (Å²) in [7, 11) is 0. The number of para-hydroxylation sites is 1. The molecule has 1 aromatic carbocycles. The second-order valence-electron chi connectivity index (χ2n) is 6.11. The summed E-state index contributed by atoms with van der Waals surface area (Å²) in [6.45, 7) is 6.96. The molecule has 0 saturated carbocycles. The molecule has 1 aliphatic rings. The van der Waals surface area contributed by atoms with Gasteiger partial charge in [0, 0.05) is 6.54 Å². The number of rotatable bonds is 4. The van der Waals surface area contributed by atoms with Crippen molar-refractivity contribution >= 4 is 28.9 Å². The molecule has 7 heteroatoms. The first kappa shape index (κ1) is 15.3. The number of benzene rings is 1.